The van der Waals surface area contributed by atoms with Crippen molar-refractivity contribution in [2.24, 2.45) is 0 Å². The maximum Gasteiger partial charge on any atom is 0.154 e. The van der Waals surface area contributed by atoms with Crippen LogP contribution in [0.15, 0.2) is 42.7 Å². The number of pyridine rings is 2. The molecule has 0 bridgehead atoms. The average molecular weight is 346 g/mol. The van der Waals surface area contributed by atoms with Gasteiger partial charge in [-0.3, -0.25) is 4.98 Å². The maximum absolute atomic E-state index is 4.72. The zero-order valence-electron chi connectivity index (χ0n) is 15.0. The van der Waals surface area contributed by atoms with Crippen molar-refractivity contribution in [1.29, 1.82) is 0 Å². The molecule has 0 unspecified atom stereocenters. The molecule has 0 spiro atoms. The lowest BCUT2D eigenvalue weighted by atomic mass is 10.0. The Morgan fingerprint density at radius 3 is 2.81 bits per heavy atom. The molecule has 3 aromatic heterocycles. The number of hydrogen-bond acceptors (Lipinski definition) is 6. The number of nitrogens with one attached hydrogen (secondary N) is 2. The van der Waals surface area contributed by atoms with Crippen molar-refractivity contribution in [2.75, 3.05) is 18.4 Å². The standard InChI is InChI=1S/C20H22N6/c1-13(2)15-10-20(26-23-12-15)25-19-4-3-17-18(24-19)9-16(11-22-17)14-5-7-21-8-6-14/h3-5,9-13,21H,6-8H2,1-2H3,(H,24,25,26). The van der Waals surface area contributed by atoms with Crippen molar-refractivity contribution >= 4 is 28.2 Å². The predicted molar refractivity (Wildman–Crippen MR) is 104 cm³/mol. The normalized spacial score (nSPS) is 14.5. The second kappa shape index (κ2) is 7.17. The van der Waals surface area contributed by atoms with E-state index in [1.165, 1.54) is 5.57 Å². The zero-order valence-corrected chi connectivity index (χ0v) is 15.0. The summed E-state index contributed by atoms with van der Waals surface area (Å²) >= 11 is 0. The lowest BCUT2D eigenvalue weighted by molar-refractivity contribution is 0.738. The number of aromatic nitrogens is 4. The van der Waals surface area contributed by atoms with Gasteiger partial charge in [0.2, 0.25) is 0 Å². The fraction of sp³-hybridized carbons (Fsp3) is 0.300. The molecule has 3 aromatic rings. The molecular weight excluding hydrogens is 324 g/mol. The fourth-order valence-electron chi connectivity index (χ4n) is 3.03. The highest BCUT2D eigenvalue weighted by Gasteiger charge is 2.09. The quantitative estimate of drug-likeness (QED) is 0.751. The van der Waals surface area contributed by atoms with Crippen LogP contribution in [0.5, 0.6) is 0 Å². The summed E-state index contributed by atoms with van der Waals surface area (Å²) in [6.07, 6.45) is 6.97. The smallest absolute Gasteiger partial charge is 0.154 e. The largest absolute Gasteiger partial charge is 0.323 e. The van der Waals surface area contributed by atoms with E-state index >= 15 is 0 Å². The predicted octanol–water partition coefficient (Wildman–Crippen LogP) is 3.66. The van der Waals surface area contributed by atoms with Gasteiger partial charge in [-0.1, -0.05) is 19.9 Å². The van der Waals surface area contributed by atoms with Gasteiger partial charge < -0.3 is 10.6 Å². The first kappa shape index (κ1) is 16.6. The Bertz CT molecular complexity index is 963. The summed E-state index contributed by atoms with van der Waals surface area (Å²) in [5.74, 6) is 1.85. The average Bonchev–Trinajstić information content (AvgIpc) is 2.68. The number of nitrogens with zero attached hydrogens (tertiary/aromatic N) is 4. The van der Waals surface area contributed by atoms with Crippen molar-refractivity contribution in [2.45, 2.75) is 26.2 Å². The van der Waals surface area contributed by atoms with E-state index < -0.39 is 0 Å². The Morgan fingerprint density at radius 2 is 2.00 bits per heavy atom. The molecule has 0 amide bonds. The molecule has 0 radical (unpaired) electrons. The molecule has 0 saturated heterocycles. The van der Waals surface area contributed by atoms with Crippen LogP contribution in [0.4, 0.5) is 11.6 Å². The van der Waals surface area contributed by atoms with Crippen molar-refractivity contribution in [1.82, 2.24) is 25.5 Å². The molecule has 2 N–H and O–H groups in total. The minimum Gasteiger partial charge on any atom is -0.323 e. The summed E-state index contributed by atoms with van der Waals surface area (Å²) < 4.78 is 0. The minimum absolute atomic E-state index is 0.403. The molecule has 1 aliphatic rings. The molecule has 6 heteroatoms. The van der Waals surface area contributed by atoms with Gasteiger partial charge in [0.05, 0.1) is 17.2 Å². The maximum atomic E-state index is 4.72. The SMILES string of the molecule is CC(C)c1cnnc(Nc2ccc3ncc(C4=CCNCC4)cc3n2)c1. The molecule has 26 heavy (non-hydrogen) atoms. The van der Waals surface area contributed by atoms with Gasteiger partial charge in [-0.15, -0.1) is 5.10 Å². The molecule has 0 fully saturated rings. The lowest BCUT2D eigenvalue weighted by Gasteiger charge is -2.14. The highest BCUT2D eigenvalue weighted by Crippen LogP contribution is 2.24. The van der Waals surface area contributed by atoms with Crippen molar-refractivity contribution in [3.8, 4) is 0 Å². The molecule has 4 rings (SSSR count). The molecule has 1 aliphatic heterocycles. The first-order valence-corrected chi connectivity index (χ1v) is 8.95. The van der Waals surface area contributed by atoms with Gasteiger partial charge in [0, 0.05) is 12.7 Å². The third kappa shape index (κ3) is 3.55. The third-order valence-electron chi connectivity index (χ3n) is 4.57. The van der Waals surface area contributed by atoms with Crippen LogP contribution < -0.4 is 10.6 Å². The first-order chi connectivity index (χ1) is 12.7. The summed E-state index contributed by atoms with van der Waals surface area (Å²) in [4.78, 5) is 9.28. The fourth-order valence-corrected chi connectivity index (χ4v) is 3.03. The number of rotatable bonds is 4. The van der Waals surface area contributed by atoms with Gasteiger partial charge in [0.25, 0.3) is 0 Å². The summed E-state index contributed by atoms with van der Waals surface area (Å²) in [5.41, 5.74) is 5.37. The van der Waals surface area contributed by atoms with Crippen LogP contribution in [0.25, 0.3) is 16.6 Å². The van der Waals surface area contributed by atoms with E-state index in [1.807, 2.05) is 24.4 Å². The highest BCUT2D eigenvalue weighted by molar-refractivity contribution is 5.81. The van der Waals surface area contributed by atoms with Crippen LogP contribution in [0.2, 0.25) is 0 Å². The van der Waals surface area contributed by atoms with Crippen LogP contribution >= 0.6 is 0 Å². The van der Waals surface area contributed by atoms with Gasteiger partial charge in [0.1, 0.15) is 5.82 Å². The Balaban J connectivity index is 1.64. The Labute approximate surface area is 152 Å². The number of anilines is 2. The van der Waals surface area contributed by atoms with Crippen molar-refractivity contribution in [3.05, 3.63) is 53.9 Å². The van der Waals surface area contributed by atoms with E-state index in [2.05, 4.69) is 51.8 Å². The van der Waals surface area contributed by atoms with Crippen LogP contribution in [0.1, 0.15) is 37.3 Å². The minimum atomic E-state index is 0.403. The summed E-state index contributed by atoms with van der Waals surface area (Å²) in [5, 5.41) is 14.8. The van der Waals surface area contributed by atoms with E-state index in [-0.39, 0.29) is 0 Å². The Morgan fingerprint density at radius 1 is 1.08 bits per heavy atom. The van der Waals surface area contributed by atoms with Gasteiger partial charge >= 0.3 is 0 Å². The molecule has 132 valence electrons. The van der Waals surface area contributed by atoms with E-state index in [0.717, 1.165) is 47.5 Å². The van der Waals surface area contributed by atoms with Crippen LogP contribution in [-0.2, 0) is 0 Å². The number of hydrogen-bond donors (Lipinski definition) is 2. The summed E-state index contributed by atoms with van der Waals surface area (Å²) in [6, 6.07) is 8.02. The lowest BCUT2D eigenvalue weighted by Crippen LogP contribution is -2.20. The first-order valence-electron chi connectivity index (χ1n) is 8.95. The molecule has 0 saturated carbocycles. The third-order valence-corrected chi connectivity index (χ3v) is 4.57. The molecule has 4 heterocycles. The van der Waals surface area contributed by atoms with Gasteiger partial charge in [0.15, 0.2) is 5.82 Å². The molecule has 0 atom stereocenters. The molecular formula is C20H22N6. The van der Waals surface area contributed by atoms with Crippen LogP contribution in [-0.4, -0.2) is 33.3 Å². The van der Waals surface area contributed by atoms with Crippen molar-refractivity contribution < 1.29 is 0 Å². The summed E-state index contributed by atoms with van der Waals surface area (Å²) in [6.45, 7) is 6.19. The molecule has 6 nitrogen and oxygen atoms in total. The van der Waals surface area contributed by atoms with E-state index in [9.17, 15) is 0 Å². The molecule has 0 aromatic carbocycles. The van der Waals surface area contributed by atoms with Gasteiger partial charge in [-0.05, 0) is 59.8 Å². The van der Waals surface area contributed by atoms with E-state index in [0.29, 0.717) is 11.7 Å². The van der Waals surface area contributed by atoms with E-state index in [4.69, 9.17) is 4.98 Å². The second-order valence-electron chi connectivity index (χ2n) is 6.80. The zero-order chi connectivity index (χ0) is 17.9. The van der Waals surface area contributed by atoms with Crippen LogP contribution in [0.3, 0.4) is 0 Å². The van der Waals surface area contributed by atoms with Crippen molar-refractivity contribution in [3.63, 3.8) is 0 Å². The van der Waals surface area contributed by atoms with Gasteiger partial charge in [-0.25, -0.2) is 4.98 Å². The Hall–Kier alpha value is -2.86. The second-order valence-corrected chi connectivity index (χ2v) is 6.80. The monoisotopic (exact) mass is 346 g/mol. The number of fused-ring (bicyclic) bond motifs is 1. The van der Waals surface area contributed by atoms with Crippen LogP contribution in [0, 0.1) is 0 Å². The molecule has 0 aliphatic carbocycles. The Kier molecular flexibility index (Phi) is 4.58. The summed E-state index contributed by atoms with van der Waals surface area (Å²) in [7, 11) is 0. The highest BCUT2D eigenvalue weighted by atomic mass is 15.2. The van der Waals surface area contributed by atoms with E-state index in [1.54, 1.807) is 6.20 Å². The topological polar surface area (TPSA) is 75.6 Å². The van der Waals surface area contributed by atoms with Gasteiger partial charge in [-0.2, -0.15) is 5.10 Å².